The summed E-state index contributed by atoms with van der Waals surface area (Å²) in [7, 11) is 1.60. The summed E-state index contributed by atoms with van der Waals surface area (Å²) in [6, 6.07) is 16.9. The lowest BCUT2D eigenvalue weighted by atomic mass is 10.2. The van der Waals surface area contributed by atoms with E-state index in [2.05, 4.69) is 20.2 Å². The zero-order chi connectivity index (χ0) is 21.8. The first kappa shape index (κ1) is 20.4. The molecule has 1 aromatic heterocycles. The Balaban J connectivity index is 1.39. The van der Waals surface area contributed by atoms with Crippen molar-refractivity contribution in [2.24, 2.45) is 0 Å². The third kappa shape index (κ3) is 4.81. The third-order valence-corrected chi connectivity index (χ3v) is 5.03. The maximum absolute atomic E-state index is 12.9. The van der Waals surface area contributed by atoms with Crippen molar-refractivity contribution in [1.82, 2.24) is 25.0 Å². The molecule has 4 aromatic rings. The second-order valence-electron chi connectivity index (χ2n) is 6.33. The molecule has 3 aromatic carbocycles. The number of rotatable bonds is 5. The molecule has 0 saturated heterocycles. The maximum atomic E-state index is 12.9. The highest BCUT2D eigenvalue weighted by atomic mass is 32.2. The third-order valence-electron chi connectivity index (χ3n) is 4.25. The molecule has 1 heterocycles. The van der Waals surface area contributed by atoms with Gasteiger partial charge in [-0.3, -0.25) is 14.8 Å². The van der Waals surface area contributed by atoms with Crippen LogP contribution in [0.4, 0.5) is 9.18 Å². The van der Waals surface area contributed by atoms with Crippen LogP contribution in [0, 0.1) is 5.82 Å². The Morgan fingerprint density at radius 3 is 2.39 bits per heavy atom. The van der Waals surface area contributed by atoms with Crippen LogP contribution in [0.25, 0.3) is 16.7 Å². The van der Waals surface area contributed by atoms with Crippen LogP contribution in [0.1, 0.15) is 10.4 Å². The zero-order valence-electron chi connectivity index (χ0n) is 16.2. The predicted molar refractivity (Wildman–Crippen MR) is 114 cm³/mol. The fourth-order valence-electron chi connectivity index (χ4n) is 2.70. The first-order valence-corrected chi connectivity index (χ1v) is 9.89. The highest BCUT2D eigenvalue weighted by Gasteiger charge is 2.11. The molecule has 31 heavy (non-hydrogen) atoms. The minimum absolute atomic E-state index is 0.179. The van der Waals surface area contributed by atoms with E-state index in [1.165, 1.54) is 16.9 Å². The Labute approximate surface area is 180 Å². The van der Waals surface area contributed by atoms with Crippen LogP contribution < -0.4 is 14.8 Å². The Kier molecular flexibility index (Phi) is 5.80. The molecule has 156 valence electrons. The Hall–Kier alpha value is -3.92. The quantitative estimate of drug-likeness (QED) is 0.462. The van der Waals surface area contributed by atoms with E-state index in [1.54, 1.807) is 25.3 Å². The highest BCUT2D eigenvalue weighted by Crippen LogP contribution is 2.21. The molecule has 0 unspecified atom stereocenters. The summed E-state index contributed by atoms with van der Waals surface area (Å²) in [5.41, 5.74) is 2.29. The standard InChI is InChI=1S/C21H16FN5O3S/c1-30-16-8-6-15(7-9-16)27-24-18-11-10-17(12-19(18)25-27)31-26-21(29)23-20(28)13-2-4-14(22)5-3-13/h2-12H,1H3,(H2,23,26,28,29). The topological polar surface area (TPSA) is 98.1 Å². The number of fused-ring (bicyclic) bond motifs is 1. The summed E-state index contributed by atoms with van der Waals surface area (Å²) in [4.78, 5) is 26.2. The van der Waals surface area contributed by atoms with Gasteiger partial charge in [-0.25, -0.2) is 9.18 Å². The van der Waals surface area contributed by atoms with Crippen molar-refractivity contribution in [3.05, 3.63) is 78.1 Å². The van der Waals surface area contributed by atoms with Gasteiger partial charge in [-0.2, -0.15) is 4.80 Å². The van der Waals surface area contributed by atoms with Crippen LogP contribution in [0.5, 0.6) is 5.75 Å². The van der Waals surface area contributed by atoms with Crippen molar-refractivity contribution >= 4 is 34.9 Å². The number of imide groups is 1. The molecule has 8 nitrogen and oxygen atoms in total. The second-order valence-corrected chi connectivity index (χ2v) is 7.21. The molecule has 0 radical (unpaired) electrons. The largest absolute Gasteiger partial charge is 0.497 e. The van der Waals surface area contributed by atoms with E-state index in [-0.39, 0.29) is 5.56 Å². The average molecular weight is 437 g/mol. The molecule has 0 aliphatic rings. The van der Waals surface area contributed by atoms with Crippen molar-refractivity contribution < 1.29 is 18.7 Å². The summed E-state index contributed by atoms with van der Waals surface area (Å²) in [6.07, 6.45) is 0. The number of hydrogen-bond donors (Lipinski definition) is 2. The van der Waals surface area contributed by atoms with Gasteiger partial charge in [0.1, 0.15) is 22.6 Å². The summed E-state index contributed by atoms with van der Waals surface area (Å²) in [5, 5.41) is 11.1. The molecule has 0 fully saturated rings. The summed E-state index contributed by atoms with van der Waals surface area (Å²) in [6.45, 7) is 0. The van der Waals surface area contributed by atoms with E-state index in [0.717, 1.165) is 35.5 Å². The number of carbonyl (C=O) groups is 2. The molecule has 0 aliphatic heterocycles. The minimum Gasteiger partial charge on any atom is -0.497 e. The normalized spacial score (nSPS) is 10.6. The van der Waals surface area contributed by atoms with E-state index in [4.69, 9.17) is 4.74 Å². The van der Waals surface area contributed by atoms with Crippen molar-refractivity contribution in [3.63, 3.8) is 0 Å². The lowest BCUT2D eigenvalue weighted by Crippen LogP contribution is -2.36. The number of ether oxygens (including phenoxy) is 1. The monoisotopic (exact) mass is 437 g/mol. The van der Waals surface area contributed by atoms with Crippen LogP contribution in [0.15, 0.2) is 71.6 Å². The number of hydrogen-bond acceptors (Lipinski definition) is 6. The molecular formula is C21H16FN5O3S. The van der Waals surface area contributed by atoms with Gasteiger partial charge < -0.3 is 4.74 Å². The highest BCUT2D eigenvalue weighted by molar-refractivity contribution is 7.98. The number of methoxy groups -OCH3 is 1. The fraction of sp³-hybridized carbons (Fsp3) is 0.0476. The van der Waals surface area contributed by atoms with E-state index < -0.39 is 17.8 Å². The van der Waals surface area contributed by atoms with Gasteiger partial charge in [0.15, 0.2) is 0 Å². The van der Waals surface area contributed by atoms with E-state index in [1.807, 2.05) is 24.3 Å². The summed E-state index contributed by atoms with van der Waals surface area (Å²) < 4.78 is 20.6. The smallest absolute Gasteiger partial charge is 0.331 e. The average Bonchev–Trinajstić information content (AvgIpc) is 3.21. The van der Waals surface area contributed by atoms with Gasteiger partial charge in [-0.15, -0.1) is 10.2 Å². The summed E-state index contributed by atoms with van der Waals surface area (Å²) in [5.74, 6) is -0.353. The molecule has 0 aliphatic carbocycles. The number of benzene rings is 3. The molecule has 4 rings (SSSR count). The van der Waals surface area contributed by atoms with Gasteiger partial charge in [0, 0.05) is 10.5 Å². The van der Waals surface area contributed by atoms with Gasteiger partial charge in [0.05, 0.1) is 12.8 Å². The Bertz CT molecular complexity index is 1240. The number of aromatic nitrogens is 3. The van der Waals surface area contributed by atoms with Gasteiger partial charge in [-0.1, -0.05) is 0 Å². The molecule has 0 spiro atoms. The van der Waals surface area contributed by atoms with Crippen LogP contribution in [0.3, 0.4) is 0 Å². The molecule has 0 bridgehead atoms. The van der Waals surface area contributed by atoms with Gasteiger partial charge in [-0.05, 0) is 78.7 Å². The van der Waals surface area contributed by atoms with Gasteiger partial charge in [0.2, 0.25) is 0 Å². The lowest BCUT2D eigenvalue weighted by molar-refractivity contribution is 0.0965. The van der Waals surface area contributed by atoms with E-state index in [0.29, 0.717) is 15.9 Å². The molecule has 10 heteroatoms. The number of urea groups is 1. The lowest BCUT2D eigenvalue weighted by Gasteiger charge is -2.06. The number of amides is 3. The number of nitrogens with zero attached hydrogens (tertiary/aromatic N) is 3. The van der Waals surface area contributed by atoms with Crippen molar-refractivity contribution in [3.8, 4) is 11.4 Å². The van der Waals surface area contributed by atoms with E-state index in [9.17, 15) is 14.0 Å². The predicted octanol–water partition coefficient (Wildman–Crippen LogP) is 3.71. The van der Waals surface area contributed by atoms with Crippen LogP contribution >= 0.6 is 11.9 Å². The van der Waals surface area contributed by atoms with Gasteiger partial charge >= 0.3 is 6.03 Å². The first-order chi connectivity index (χ1) is 15.0. The van der Waals surface area contributed by atoms with Crippen LogP contribution in [0.2, 0.25) is 0 Å². The Morgan fingerprint density at radius 1 is 0.968 bits per heavy atom. The van der Waals surface area contributed by atoms with Crippen molar-refractivity contribution in [2.45, 2.75) is 4.90 Å². The maximum Gasteiger partial charge on any atom is 0.331 e. The molecule has 0 saturated carbocycles. The second kappa shape index (κ2) is 8.84. The van der Waals surface area contributed by atoms with Gasteiger partial charge in [0.25, 0.3) is 5.91 Å². The first-order valence-electron chi connectivity index (χ1n) is 9.07. The van der Waals surface area contributed by atoms with Crippen LogP contribution in [-0.4, -0.2) is 34.0 Å². The molecule has 2 N–H and O–H groups in total. The zero-order valence-corrected chi connectivity index (χ0v) is 17.0. The number of nitrogens with one attached hydrogen (secondary N) is 2. The minimum atomic E-state index is -0.693. The number of carbonyl (C=O) groups excluding carboxylic acids is 2. The van der Waals surface area contributed by atoms with Crippen molar-refractivity contribution in [1.29, 1.82) is 0 Å². The van der Waals surface area contributed by atoms with Crippen LogP contribution in [-0.2, 0) is 0 Å². The molecule has 3 amide bonds. The Morgan fingerprint density at radius 2 is 1.68 bits per heavy atom. The molecule has 0 atom stereocenters. The molecular weight excluding hydrogens is 421 g/mol. The summed E-state index contributed by atoms with van der Waals surface area (Å²) >= 11 is 1.03. The SMILES string of the molecule is COc1ccc(-n2nc3ccc(SNC(=O)NC(=O)c4ccc(F)cc4)cc3n2)cc1. The number of halogens is 1. The van der Waals surface area contributed by atoms with Crippen molar-refractivity contribution in [2.75, 3.05) is 7.11 Å². The van der Waals surface area contributed by atoms with E-state index >= 15 is 0 Å². The fourth-order valence-corrected chi connectivity index (χ4v) is 3.26.